The van der Waals surface area contributed by atoms with Gasteiger partial charge in [0.2, 0.25) is 5.75 Å². The Morgan fingerprint density at radius 3 is 1.32 bits per heavy atom. The number of unbranched alkanes of at least 4 members (excludes halogenated alkanes) is 10. The summed E-state index contributed by atoms with van der Waals surface area (Å²) < 4.78 is 18.8. The Hall–Kier alpha value is -1.38. The Bertz CT molecular complexity index is 506. The summed E-state index contributed by atoms with van der Waals surface area (Å²) in [4.78, 5) is 0. The number of ether oxygens (including phenoxy) is 3. The van der Waals surface area contributed by atoms with Crippen LogP contribution in [0.3, 0.4) is 0 Å². The van der Waals surface area contributed by atoms with Crippen LogP contribution in [0.15, 0.2) is 12.1 Å². The number of benzene rings is 1. The van der Waals surface area contributed by atoms with Crippen molar-refractivity contribution in [3.05, 3.63) is 17.7 Å². The fourth-order valence-electron chi connectivity index (χ4n) is 3.64. The molecule has 0 fully saturated rings. The van der Waals surface area contributed by atoms with E-state index in [1.54, 1.807) is 0 Å². The normalized spacial score (nSPS) is 11.0. The molecule has 0 heterocycles. The lowest BCUT2D eigenvalue weighted by Gasteiger charge is -2.19. The van der Waals surface area contributed by atoms with Crippen LogP contribution in [-0.2, 0) is 6.42 Å². The fraction of sp³-hybridized carbons (Fsp3) is 0.786. The van der Waals surface area contributed by atoms with Gasteiger partial charge in [-0.25, -0.2) is 0 Å². The molecule has 0 atom stereocenters. The number of rotatable bonds is 21. The molecule has 31 heavy (non-hydrogen) atoms. The van der Waals surface area contributed by atoms with Crippen LogP contribution in [0.2, 0.25) is 0 Å². The maximum atomic E-state index is 6.28. The second-order valence-corrected chi connectivity index (χ2v) is 8.75. The molecule has 1 aromatic carbocycles. The first-order chi connectivity index (χ1) is 15.3. The second-order valence-electron chi connectivity index (χ2n) is 8.75. The van der Waals surface area contributed by atoms with Gasteiger partial charge in [-0.1, -0.05) is 91.9 Å². The quantitative estimate of drug-likeness (QED) is 0.181. The first kappa shape index (κ1) is 27.7. The number of hydrogen-bond acceptors (Lipinski definition) is 3. The van der Waals surface area contributed by atoms with Crippen molar-refractivity contribution in [2.24, 2.45) is 0 Å². The zero-order valence-corrected chi connectivity index (χ0v) is 21.1. The van der Waals surface area contributed by atoms with Crippen molar-refractivity contribution < 1.29 is 14.2 Å². The SMILES string of the molecule is CCCCCCOc1cc(CCCC)cc(OCCCCCC)c1OCCCCCC. The molecule has 0 bridgehead atoms. The van der Waals surface area contributed by atoms with Crippen molar-refractivity contribution in [1.82, 2.24) is 0 Å². The van der Waals surface area contributed by atoms with E-state index >= 15 is 0 Å². The summed E-state index contributed by atoms with van der Waals surface area (Å²) in [6, 6.07) is 4.39. The minimum absolute atomic E-state index is 0.729. The maximum Gasteiger partial charge on any atom is 0.203 e. The van der Waals surface area contributed by atoms with Gasteiger partial charge < -0.3 is 14.2 Å². The number of hydrogen-bond donors (Lipinski definition) is 0. The molecular weight excluding hydrogens is 384 g/mol. The maximum absolute atomic E-state index is 6.28. The van der Waals surface area contributed by atoms with Gasteiger partial charge in [0.05, 0.1) is 19.8 Å². The molecule has 1 rings (SSSR count). The topological polar surface area (TPSA) is 27.7 Å². The molecule has 0 saturated heterocycles. The van der Waals surface area contributed by atoms with Crippen LogP contribution < -0.4 is 14.2 Å². The first-order valence-corrected chi connectivity index (χ1v) is 13.3. The Morgan fingerprint density at radius 1 is 0.484 bits per heavy atom. The molecule has 180 valence electrons. The van der Waals surface area contributed by atoms with E-state index in [0.717, 1.165) is 62.8 Å². The second kappa shape index (κ2) is 19.3. The van der Waals surface area contributed by atoms with Gasteiger partial charge in [0.15, 0.2) is 11.5 Å². The standard InChI is InChI=1S/C28H50O3/c1-5-9-13-16-20-29-26-23-25(19-12-8-4)24-27(30-21-17-14-10-6-2)28(26)31-22-18-15-11-7-3/h23-24H,5-22H2,1-4H3. The molecule has 3 heteroatoms. The summed E-state index contributed by atoms with van der Waals surface area (Å²) in [5, 5.41) is 0. The van der Waals surface area contributed by atoms with Gasteiger partial charge in [-0.3, -0.25) is 0 Å². The average Bonchev–Trinajstić information content (AvgIpc) is 2.78. The highest BCUT2D eigenvalue weighted by Gasteiger charge is 2.16. The van der Waals surface area contributed by atoms with Gasteiger partial charge in [-0.05, 0) is 49.8 Å². The van der Waals surface area contributed by atoms with Crippen molar-refractivity contribution in [2.45, 2.75) is 124 Å². The summed E-state index contributed by atoms with van der Waals surface area (Å²) in [7, 11) is 0. The molecule has 0 spiro atoms. The van der Waals surface area contributed by atoms with Gasteiger partial charge in [0.25, 0.3) is 0 Å². The van der Waals surface area contributed by atoms with E-state index in [1.165, 1.54) is 76.2 Å². The summed E-state index contributed by atoms with van der Waals surface area (Å²) in [5.41, 5.74) is 1.30. The Kier molecular flexibility index (Phi) is 17.2. The molecular formula is C28H50O3. The molecule has 0 saturated carbocycles. The Morgan fingerprint density at radius 2 is 0.903 bits per heavy atom. The third-order valence-corrected chi connectivity index (χ3v) is 5.65. The average molecular weight is 435 g/mol. The third kappa shape index (κ3) is 12.9. The Balaban J connectivity index is 2.91. The van der Waals surface area contributed by atoms with Crippen LogP contribution in [0.4, 0.5) is 0 Å². The highest BCUT2D eigenvalue weighted by Crippen LogP contribution is 2.40. The van der Waals surface area contributed by atoms with Crippen LogP contribution >= 0.6 is 0 Å². The molecule has 0 aliphatic heterocycles. The van der Waals surface area contributed by atoms with Crippen molar-refractivity contribution >= 4 is 0 Å². The lowest BCUT2D eigenvalue weighted by atomic mass is 10.1. The van der Waals surface area contributed by atoms with Gasteiger partial charge in [-0.2, -0.15) is 0 Å². The highest BCUT2D eigenvalue weighted by molar-refractivity contribution is 5.54. The molecule has 0 aliphatic carbocycles. The monoisotopic (exact) mass is 434 g/mol. The lowest BCUT2D eigenvalue weighted by Crippen LogP contribution is -2.07. The van der Waals surface area contributed by atoms with E-state index in [9.17, 15) is 0 Å². The summed E-state index contributed by atoms with van der Waals surface area (Å²) in [6.07, 6.45) is 17.9. The largest absolute Gasteiger partial charge is 0.490 e. The minimum atomic E-state index is 0.729. The predicted molar refractivity (Wildman–Crippen MR) is 134 cm³/mol. The lowest BCUT2D eigenvalue weighted by molar-refractivity contribution is 0.234. The van der Waals surface area contributed by atoms with Crippen molar-refractivity contribution in [1.29, 1.82) is 0 Å². The molecule has 3 nitrogen and oxygen atoms in total. The smallest absolute Gasteiger partial charge is 0.203 e. The highest BCUT2D eigenvalue weighted by atomic mass is 16.5. The zero-order chi connectivity index (χ0) is 22.6. The molecule has 0 unspecified atom stereocenters. The third-order valence-electron chi connectivity index (χ3n) is 5.65. The fourth-order valence-corrected chi connectivity index (χ4v) is 3.64. The molecule has 0 N–H and O–H groups in total. The molecule has 1 aromatic rings. The molecule has 0 aliphatic rings. The summed E-state index contributed by atoms with van der Waals surface area (Å²) >= 11 is 0. The van der Waals surface area contributed by atoms with E-state index in [0.29, 0.717) is 0 Å². The number of aryl methyl sites for hydroxylation is 1. The van der Waals surface area contributed by atoms with Gasteiger partial charge in [0.1, 0.15) is 0 Å². The van der Waals surface area contributed by atoms with E-state index in [1.807, 2.05) is 0 Å². The summed E-state index contributed by atoms with van der Waals surface area (Å²) in [6.45, 7) is 11.2. The van der Waals surface area contributed by atoms with Crippen molar-refractivity contribution in [3.63, 3.8) is 0 Å². The first-order valence-electron chi connectivity index (χ1n) is 13.3. The van der Waals surface area contributed by atoms with Crippen LogP contribution in [0, 0.1) is 0 Å². The van der Waals surface area contributed by atoms with Crippen LogP contribution in [-0.4, -0.2) is 19.8 Å². The van der Waals surface area contributed by atoms with E-state index in [4.69, 9.17) is 14.2 Å². The molecule has 0 aromatic heterocycles. The van der Waals surface area contributed by atoms with E-state index in [2.05, 4.69) is 39.8 Å². The summed E-state index contributed by atoms with van der Waals surface area (Å²) in [5.74, 6) is 2.58. The van der Waals surface area contributed by atoms with Gasteiger partial charge in [-0.15, -0.1) is 0 Å². The Labute approximate surface area is 193 Å². The molecule has 0 radical (unpaired) electrons. The van der Waals surface area contributed by atoms with Crippen LogP contribution in [0.25, 0.3) is 0 Å². The van der Waals surface area contributed by atoms with Crippen molar-refractivity contribution in [3.8, 4) is 17.2 Å². The minimum Gasteiger partial charge on any atom is -0.490 e. The van der Waals surface area contributed by atoms with Gasteiger partial charge in [0, 0.05) is 0 Å². The van der Waals surface area contributed by atoms with Crippen molar-refractivity contribution in [2.75, 3.05) is 19.8 Å². The van der Waals surface area contributed by atoms with Crippen LogP contribution in [0.5, 0.6) is 17.2 Å². The predicted octanol–water partition coefficient (Wildman–Crippen LogP) is 8.91. The van der Waals surface area contributed by atoms with Gasteiger partial charge >= 0.3 is 0 Å². The van der Waals surface area contributed by atoms with E-state index in [-0.39, 0.29) is 0 Å². The zero-order valence-electron chi connectivity index (χ0n) is 21.1. The molecule has 0 amide bonds. The van der Waals surface area contributed by atoms with E-state index < -0.39 is 0 Å². The van der Waals surface area contributed by atoms with Crippen LogP contribution in [0.1, 0.15) is 123 Å².